The Labute approximate surface area is 160 Å². The second kappa shape index (κ2) is 9.06. The van der Waals surface area contributed by atoms with Gasteiger partial charge in [-0.3, -0.25) is 9.69 Å². The molecule has 1 saturated heterocycles. The van der Waals surface area contributed by atoms with Gasteiger partial charge in [-0.1, -0.05) is 0 Å². The van der Waals surface area contributed by atoms with Crippen LogP contribution in [0.4, 0.5) is 5.69 Å². The van der Waals surface area contributed by atoms with Crippen molar-refractivity contribution in [1.82, 2.24) is 10.2 Å². The lowest BCUT2D eigenvalue weighted by atomic mass is 10.1. The largest absolute Gasteiger partial charge is 0.497 e. The molecule has 0 saturated carbocycles. The molecule has 27 heavy (non-hydrogen) atoms. The molecule has 1 N–H and O–H groups in total. The van der Waals surface area contributed by atoms with Crippen LogP contribution in [0.1, 0.15) is 15.9 Å². The molecule has 1 amide bonds. The van der Waals surface area contributed by atoms with Crippen molar-refractivity contribution >= 4 is 11.6 Å². The molecule has 140 valence electrons. The van der Waals surface area contributed by atoms with Gasteiger partial charge < -0.3 is 15.0 Å². The topological polar surface area (TPSA) is 68.6 Å². The summed E-state index contributed by atoms with van der Waals surface area (Å²) in [6, 6.07) is 16.9. The number of anilines is 1. The first-order valence-electron chi connectivity index (χ1n) is 9.09. The van der Waals surface area contributed by atoms with E-state index in [9.17, 15) is 4.79 Å². The zero-order valence-electron chi connectivity index (χ0n) is 15.5. The number of ether oxygens (including phenoxy) is 1. The summed E-state index contributed by atoms with van der Waals surface area (Å²) in [6.45, 7) is 5.32. The number of nitriles is 1. The zero-order chi connectivity index (χ0) is 19.1. The average molecular weight is 364 g/mol. The van der Waals surface area contributed by atoms with Crippen LogP contribution < -0.4 is 15.0 Å². The average Bonchev–Trinajstić information content (AvgIpc) is 2.74. The first-order valence-corrected chi connectivity index (χ1v) is 9.09. The maximum absolute atomic E-state index is 12.1. The number of nitrogens with zero attached hydrogens (tertiary/aromatic N) is 3. The number of benzene rings is 2. The number of carbonyl (C=O) groups is 1. The SMILES string of the molecule is COc1ccc(N2CCN(CCNC(=O)c3ccc(C#N)cc3)CC2)cc1. The van der Waals surface area contributed by atoms with Gasteiger partial charge in [0.2, 0.25) is 0 Å². The van der Waals surface area contributed by atoms with Gasteiger partial charge in [0.05, 0.1) is 18.7 Å². The summed E-state index contributed by atoms with van der Waals surface area (Å²) in [7, 11) is 1.67. The molecule has 0 aromatic heterocycles. The Morgan fingerprint density at radius 2 is 1.74 bits per heavy atom. The monoisotopic (exact) mass is 364 g/mol. The van der Waals surface area contributed by atoms with Crippen molar-refractivity contribution in [2.45, 2.75) is 0 Å². The fourth-order valence-corrected chi connectivity index (χ4v) is 3.15. The van der Waals surface area contributed by atoms with Crippen molar-refractivity contribution < 1.29 is 9.53 Å². The highest BCUT2D eigenvalue weighted by molar-refractivity contribution is 5.94. The van der Waals surface area contributed by atoms with E-state index in [0.717, 1.165) is 38.5 Å². The quantitative estimate of drug-likeness (QED) is 0.850. The zero-order valence-corrected chi connectivity index (χ0v) is 15.5. The second-order valence-electron chi connectivity index (χ2n) is 6.47. The van der Waals surface area contributed by atoms with Crippen LogP contribution in [0.5, 0.6) is 5.75 Å². The third-order valence-corrected chi connectivity index (χ3v) is 4.80. The number of amides is 1. The molecule has 0 radical (unpaired) electrons. The number of hydrogen-bond acceptors (Lipinski definition) is 5. The van der Waals surface area contributed by atoms with Gasteiger partial charge in [0.1, 0.15) is 5.75 Å². The molecule has 0 bridgehead atoms. The third kappa shape index (κ3) is 4.99. The number of methoxy groups -OCH3 is 1. The maximum Gasteiger partial charge on any atom is 0.251 e. The van der Waals surface area contributed by atoms with Crippen LogP contribution in [-0.4, -0.2) is 57.2 Å². The van der Waals surface area contributed by atoms with Gasteiger partial charge in [-0.05, 0) is 48.5 Å². The van der Waals surface area contributed by atoms with Crippen LogP contribution in [0.25, 0.3) is 0 Å². The van der Waals surface area contributed by atoms with Crippen LogP contribution in [-0.2, 0) is 0 Å². The third-order valence-electron chi connectivity index (χ3n) is 4.80. The molecule has 6 nitrogen and oxygen atoms in total. The smallest absolute Gasteiger partial charge is 0.251 e. The molecule has 0 spiro atoms. The standard InChI is InChI=1S/C21H24N4O2/c1-27-20-8-6-19(7-9-20)25-14-12-24(13-15-25)11-10-23-21(26)18-4-2-17(16-22)3-5-18/h2-9H,10-15H2,1H3,(H,23,26). The van der Waals surface area contributed by atoms with Gasteiger partial charge >= 0.3 is 0 Å². The van der Waals surface area contributed by atoms with Crippen molar-refractivity contribution in [1.29, 1.82) is 5.26 Å². The highest BCUT2D eigenvalue weighted by Crippen LogP contribution is 2.20. The van der Waals surface area contributed by atoms with E-state index < -0.39 is 0 Å². The van der Waals surface area contributed by atoms with Crippen LogP contribution >= 0.6 is 0 Å². The van der Waals surface area contributed by atoms with E-state index in [1.165, 1.54) is 5.69 Å². The van der Waals surface area contributed by atoms with Crippen molar-refractivity contribution in [3.63, 3.8) is 0 Å². The van der Waals surface area contributed by atoms with Gasteiger partial charge in [0.15, 0.2) is 0 Å². The summed E-state index contributed by atoms with van der Waals surface area (Å²) in [4.78, 5) is 16.9. The van der Waals surface area contributed by atoms with Gasteiger partial charge in [0.25, 0.3) is 5.91 Å². The number of piperazine rings is 1. The Hall–Kier alpha value is -3.04. The highest BCUT2D eigenvalue weighted by Gasteiger charge is 2.17. The van der Waals surface area contributed by atoms with E-state index in [1.54, 1.807) is 31.4 Å². The van der Waals surface area contributed by atoms with Crippen LogP contribution in [0.3, 0.4) is 0 Å². The summed E-state index contributed by atoms with van der Waals surface area (Å²) in [5, 5.41) is 11.8. The fraction of sp³-hybridized carbons (Fsp3) is 0.333. The molecule has 1 fully saturated rings. The molecule has 0 unspecified atom stereocenters. The van der Waals surface area contributed by atoms with E-state index in [0.29, 0.717) is 17.7 Å². The lowest BCUT2D eigenvalue weighted by Gasteiger charge is -2.36. The summed E-state index contributed by atoms with van der Waals surface area (Å²) >= 11 is 0. The molecule has 2 aromatic carbocycles. The molecule has 0 atom stereocenters. The first-order chi connectivity index (χ1) is 13.2. The maximum atomic E-state index is 12.1. The molecule has 0 aliphatic carbocycles. The van der Waals surface area contributed by atoms with Gasteiger partial charge in [0, 0.05) is 50.5 Å². The minimum absolute atomic E-state index is 0.101. The Bertz CT molecular complexity index is 788. The summed E-state index contributed by atoms with van der Waals surface area (Å²) in [5.74, 6) is 0.770. The van der Waals surface area contributed by atoms with E-state index in [-0.39, 0.29) is 5.91 Å². The molecule has 2 aromatic rings. The van der Waals surface area contributed by atoms with Crippen LogP contribution in [0.2, 0.25) is 0 Å². The van der Waals surface area contributed by atoms with Crippen molar-refractivity contribution in [3.8, 4) is 11.8 Å². The van der Waals surface area contributed by atoms with Crippen molar-refractivity contribution in [2.24, 2.45) is 0 Å². The summed E-state index contributed by atoms with van der Waals surface area (Å²) in [6.07, 6.45) is 0. The van der Waals surface area contributed by atoms with E-state index in [1.807, 2.05) is 12.1 Å². The van der Waals surface area contributed by atoms with Crippen molar-refractivity contribution in [3.05, 3.63) is 59.7 Å². The Kier molecular flexibility index (Phi) is 6.29. The van der Waals surface area contributed by atoms with Crippen LogP contribution in [0.15, 0.2) is 48.5 Å². The molecule has 3 rings (SSSR count). The molecule has 1 aliphatic heterocycles. The van der Waals surface area contributed by atoms with Gasteiger partial charge in [-0.15, -0.1) is 0 Å². The highest BCUT2D eigenvalue weighted by atomic mass is 16.5. The lowest BCUT2D eigenvalue weighted by molar-refractivity contribution is 0.0948. The molecule has 1 aliphatic rings. The van der Waals surface area contributed by atoms with E-state index >= 15 is 0 Å². The Morgan fingerprint density at radius 3 is 2.33 bits per heavy atom. The number of nitrogens with one attached hydrogen (secondary N) is 1. The van der Waals surface area contributed by atoms with E-state index in [2.05, 4.69) is 33.3 Å². The van der Waals surface area contributed by atoms with Crippen molar-refractivity contribution in [2.75, 3.05) is 51.3 Å². The summed E-state index contributed by atoms with van der Waals surface area (Å²) < 4.78 is 5.21. The number of carbonyl (C=O) groups excluding carboxylic acids is 1. The first kappa shape index (κ1) is 18.7. The fourth-order valence-electron chi connectivity index (χ4n) is 3.15. The van der Waals surface area contributed by atoms with Gasteiger partial charge in [-0.25, -0.2) is 0 Å². The molecular formula is C21H24N4O2. The normalized spacial score (nSPS) is 14.4. The van der Waals surface area contributed by atoms with Gasteiger partial charge in [-0.2, -0.15) is 5.26 Å². The molecule has 6 heteroatoms. The van der Waals surface area contributed by atoms with Crippen LogP contribution in [0, 0.1) is 11.3 Å². The summed E-state index contributed by atoms with van der Waals surface area (Å²) in [5.41, 5.74) is 2.35. The lowest BCUT2D eigenvalue weighted by Crippen LogP contribution is -2.48. The van der Waals surface area contributed by atoms with E-state index in [4.69, 9.17) is 10.00 Å². The predicted octanol–water partition coefficient (Wildman–Crippen LogP) is 2.12. The molecular weight excluding hydrogens is 340 g/mol. The Balaban J connectivity index is 1.40. The predicted molar refractivity (Wildman–Crippen MR) is 105 cm³/mol. The minimum atomic E-state index is -0.101. The molecule has 1 heterocycles. The second-order valence-corrected chi connectivity index (χ2v) is 6.47. The number of hydrogen-bond donors (Lipinski definition) is 1. The minimum Gasteiger partial charge on any atom is -0.497 e. The Morgan fingerprint density at radius 1 is 1.07 bits per heavy atom. The number of rotatable bonds is 6.